The summed E-state index contributed by atoms with van der Waals surface area (Å²) in [6, 6.07) is 14.5. The van der Waals surface area contributed by atoms with Gasteiger partial charge in [-0.05, 0) is 24.1 Å². The predicted octanol–water partition coefficient (Wildman–Crippen LogP) is 4.36. The Morgan fingerprint density at radius 3 is 2.50 bits per heavy atom. The van der Waals surface area contributed by atoms with Crippen LogP contribution in [0.25, 0.3) is 0 Å². The highest BCUT2D eigenvalue weighted by atomic mass is 35.5. The highest BCUT2D eigenvalue weighted by Crippen LogP contribution is 2.34. The third-order valence-corrected chi connectivity index (χ3v) is 3.18. The van der Waals surface area contributed by atoms with Crippen molar-refractivity contribution in [1.29, 1.82) is 0 Å². The van der Waals surface area contributed by atoms with Gasteiger partial charge in [0, 0.05) is 5.56 Å². The molecule has 18 heavy (non-hydrogen) atoms. The number of alkyl halides is 1. The highest BCUT2D eigenvalue weighted by Gasteiger charge is 2.18. The van der Waals surface area contributed by atoms with Crippen molar-refractivity contribution in [3.8, 4) is 5.75 Å². The topological polar surface area (TPSA) is 9.23 Å². The van der Waals surface area contributed by atoms with E-state index >= 15 is 0 Å². The maximum absolute atomic E-state index is 13.8. The summed E-state index contributed by atoms with van der Waals surface area (Å²) in [5, 5.41) is -0.441. The van der Waals surface area contributed by atoms with E-state index in [9.17, 15) is 4.39 Å². The highest BCUT2D eigenvalue weighted by molar-refractivity contribution is 6.21. The summed E-state index contributed by atoms with van der Waals surface area (Å²) in [5.74, 6) is 0.163. The van der Waals surface area contributed by atoms with Gasteiger partial charge >= 0.3 is 0 Å². The average molecular weight is 265 g/mol. The molecule has 0 aliphatic carbocycles. The Balaban J connectivity index is 2.26. The van der Waals surface area contributed by atoms with Crippen molar-refractivity contribution in [2.75, 3.05) is 7.11 Å². The van der Waals surface area contributed by atoms with Gasteiger partial charge in [-0.15, -0.1) is 11.6 Å². The second kappa shape index (κ2) is 5.87. The molecule has 0 radical (unpaired) electrons. The Kier molecular flexibility index (Phi) is 4.21. The lowest BCUT2D eigenvalue weighted by molar-refractivity contribution is 0.403. The van der Waals surface area contributed by atoms with Crippen LogP contribution in [0.1, 0.15) is 16.5 Å². The molecule has 0 N–H and O–H groups in total. The van der Waals surface area contributed by atoms with Crippen molar-refractivity contribution < 1.29 is 9.13 Å². The fraction of sp³-hybridized carbons (Fsp3) is 0.200. The van der Waals surface area contributed by atoms with Crippen LogP contribution < -0.4 is 4.74 Å². The van der Waals surface area contributed by atoms with E-state index in [1.807, 2.05) is 30.3 Å². The summed E-state index contributed by atoms with van der Waals surface area (Å²) >= 11 is 6.31. The van der Waals surface area contributed by atoms with Gasteiger partial charge in [-0.3, -0.25) is 0 Å². The number of rotatable bonds is 4. The smallest absolute Gasteiger partial charge is 0.131 e. The number of hydrogen-bond donors (Lipinski definition) is 0. The van der Waals surface area contributed by atoms with Crippen LogP contribution in [0.3, 0.4) is 0 Å². The predicted molar refractivity (Wildman–Crippen MR) is 71.7 cm³/mol. The summed E-state index contributed by atoms with van der Waals surface area (Å²) in [7, 11) is 1.52. The van der Waals surface area contributed by atoms with E-state index in [0.29, 0.717) is 17.7 Å². The van der Waals surface area contributed by atoms with Crippen molar-refractivity contribution in [2.24, 2.45) is 0 Å². The molecule has 2 aromatic rings. The summed E-state index contributed by atoms with van der Waals surface area (Å²) in [4.78, 5) is 0. The van der Waals surface area contributed by atoms with E-state index in [-0.39, 0.29) is 5.82 Å². The van der Waals surface area contributed by atoms with Crippen LogP contribution in [0.15, 0.2) is 48.5 Å². The lowest BCUT2D eigenvalue weighted by atomic mass is 10.0. The van der Waals surface area contributed by atoms with Gasteiger partial charge in [0.25, 0.3) is 0 Å². The van der Waals surface area contributed by atoms with Crippen molar-refractivity contribution in [3.63, 3.8) is 0 Å². The Morgan fingerprint density at radius 2 is 1.83 bits per heavy atom. The molecule has 2 aromatic carbocycles. The van der Waals surface area contributed by atoms with Crippen molar-refractivity contribution in [2.45, 2.75) is 11.8 Å². The molecule has 0 fully saturated rings. The molecule has 0 aliphatic rings. The number of halogens is 2. The van der Waals surface area contributed by atoms with Crippen LogP contribution in [0, 0.1) is 5.82 Å². The van der Waals surface area contributed by atoms with Crippen LogP contribution in [0.5, 0.6) is 5.75 Å². The zero-order chi connectivity index (χ0) is 13.0. The molecule has 0 bridgehead atoms. The molecule has 0 heterocycles. The van der Waals surface area contributed by atoms with Gasteiger partial charge in [-0.1, -0.05) is 36.4 Å². The lowest BCUT2D eigenvalue weighted by Crippen LogP contribution is -2.02. The molecule has 0 aromatic heterocycles. The summed E-state index contributed by atoms with van der Waals surface area (Å²) in [6.07, 6.45) is 0.569. The minimum atomic E-state index is -0.441. The van der Waals surface area contributed by atoms with E-state index in [1.54, 1.807) is 12.1 Å². The third-order valence-electron chi connectivity index (χ3n) is 2.80. The van der Waals surface area contributed by atoms with E-state index < -0.39 is 5.38 Å². The Hall–Kier alpha value is -1.54. The molecule has 1 nitrogen and oxygen atoms in total. The molecule has 2 rings (SSSR count). The van der Waals surface area contributed by atoms with Crippen LogP contribution in [-0.2, 0) is 6.42 Å². The van der Waals surface area contributed by atoms with E-state index in [1.165, 1.54) is 13.2 Å². The Morgan fingerprint density at radius 1 is 1.11 bits per heavy atom. The monoisotopic (exact) mass is 264 g/mol. The third kappa shape index (κ3) is 2.82. The number of methoxy groups -OCH3 is 1. The van der Waals surface area contributed by atoms with Gasteiger partial charge < -0.3 is 4.74 Å². The number of hydrogen-bond acceptors (Lipinski definition) is 1. The molecule has 0 spiro atoms. The van der Waals surface area contributed by atoms with Gasteiger partial charge in [0.1, 0.15) is 11.6 Å². The number of ether oxygens (including phenoxy) is 1. The first-order chi connectivity index (χ1) is 8.72. The molecule has 3 heteroatoms. The van der Waals surface area contributed by atoms with E-state index in [2.05, 4.69) is 0 Å². The van der Waals surface area contributed by atoms with Gasteiger partial charge in [0.2, 0.25) is 0 Å². The summed E-state index contributed by atoms with van der Waals surface area (Å²) < 4.78 is 19.0. The minimum absolute atomic E-state index is 0.328. The maximum Gasteiger partial charge on any atom is 0.131 e. The van der Waals surface area contributed by atoms with Crippen molar-refractivity contribution in [3.05, 3.63) is 65.5 Å². The quantitative estimate of drug-likeness (QED) is 0.746. The van der Waals surface area contributed by atoms with Gasteiger partial charge in [-0.25, -0.2) is 4.39 Å². The van der Waals surface area contributed by atoms with Crippen LogP contribution in [-0.4, -0.2) is 7.11 Å². The Bertz CT molecular complexity index is 513. The number of benzene rings is 2. The average Bonchev–Trinajstić information content (AvgIpc) is 2.39. The lowest BCUT2D eigenvalue weighted by Gasteiger charge is -2.14. The Labute approximate surface area is 111 Å². The largest absolute Gasteiger partial charge is 0.496 e. The van der Waals surface area contributed by atoms with Crippen LogP contribution in [0.4, 0.5) is 4.39 Å². The zero-order valence-electron chi connectivity index (χ0n) is 10.1. The molecule has 94 valence electrons. The van der Waals surface area contributed by atoms with E-state index in [0.717, 1.165) is 5.56 Å². The molecular weight excluding hydrogens is 251 g/mol. The summed E-state index contributed by atoms with van der Waals surface area (Å²) in [5.41, 5.74) is 1.49. The minimum Gasteiger partial charge on any atom is -0.496 e. The molecule has 1 unspecified atom stereocenters. The molecule has 0 aliphatic heterocycles. The molecule has 0 saturated carbocycles. The molecule has 0 amide bonds. The fourth-order valence-corrected chi connectivity index (χ4v) is 2.31. The molecule has 0 saturated heterocycles. The first kappa shape index (κ1) is 12.9. The second-order valence-electron chi connectivity index (χ2n) is 4.01. The second-order valence-corrected chi connectivity index (χ2v) is 4.54. The van der Waals surface area contributed by atoms with Gasteiger partial charge in [-0.2, -0.15) is 0 Å². The first-order valence-corrected chi connectivity index (χ1v) is 6.16. The van der Waals surface area contributed by atoms with Crippen LogP contribution in [0.2, 0.25) is 0 Å². The standard InChI is InChI=1S/C15H14ClFO/c1-18-14-9-5-8-13(17)15(14)12(16)10-11-6-3-2-4-7-11/h2-9,12H,10H2,1H3. The van der Waals surface area contributed by atoms with Crippen molar-refractivity contribution >= 4 is 11.6 Å². The maximum atomic E-state index is 13.8. The SMILES string of the molecule is COc1cccc(F)c1C(Cl)Cc1ccccc1. The van der Waals surface area contributed by atoms with E-state index in [4.69, 9.17) is 16.3 Å². The van der Waals surface area contributed by atoms with Crippen molar-refractivity contribution in [1.82, 2.24) is 0 Å². The zero-order valence-corrected chi connectivity index (χ0v) is 10.8. The normalized spacial score (nSPS) is 12.2. The summed E-state index contributed by atoms with van der Waals surface area (Å²) in [6.45, 7) is 0. The van der Waals surface area contributed by atoms with Crippen LogP contribution >= 0.6 is 11.6 Å². The fourth-order valence-electron chi connectivity index (χ4n) is 1.92. The van der Waals surface area contributed by atoms with Gasteiger partial charge in [0.05, 0.1) is 12.5 Å². The molecule has 1 atom stereocenters. The molecular formula is C15H14ClFO. The first-order valence-electron chi connectivity index (χ1n) is 5.72. The van der Waals surface area contributed by atoms with Gasteiger partial charge in [0.15, 0.2) is 0 Å².